The first kappa shape index (κ1) is 16.2. The molecule has 2 heterocycles. The summed E-state index contributed by atoms with van der Waals surface area (Å²) in [5, 5.41) is 2.88. The van der Waals surface area contributed by atoms with Gasteiger partial charge in [0.15, 0.2) is 6.79 Å². The number of carbonyl (C=O) groups excluding carboxylic acids is 1. The lowest BCUT2D eigenvalue weighted by molar-refractivity contribution is -0.136. The Hall–Kier alpha value is -1.70. The number of benzene rings is 1. The van der Waals surface area contributed by atoms with E-state index in [4.69, 9.17) is 19.9 Å². The van der Waals surface area contributed by atoms with Gasteiger partial charge in [0.25, 0.3) is 0 Å². The molecule has 0 aromatic heterocycles. The van der Waals surface area contributed by atoms with Crippen molar-refractivity contribution in [2.75, 3.05) is 26.6 Å². The number of ether oxygens (including phenoxy) is 3. The molecule has 2 aliphatic rings. The van der Waals surface area contributed by atoms with Crippen LogP contribution in [0.5, 0.6) is 5.75 Å². The molecule has 3 N–H and O–H groups in total. The fourth-order valence-corrected chi connectivity index (χ4v) is 3.04. The standard InChI is InChI=1S/C16H21FN2O4/c17-13-5-11(14-12(6-13)8-22-10-23-14)7-19-15(20)16(9-18)1-3-21-4-2-16/h5-6H,1-4,7-10,18H2,(H,19,20). The van der Waals surface area contributed by atoms with E-state index in [1.807, 2.05) is 0 Å². The summed E-state index contributed by atoms with van der Waals surface area (Å²) >= 11 is 0. The molecule has 1 fully saturated rings. The van der Waals surface area contributed by atoms with Gasteiger partial charge in [-0.1, -0.05) is 0 Å². The van der Waals surface area contributed by atoms with Gasteiger partial charge in [0.05, 0.1) is 12.0 Å². The summed E-state index contributed by atoms with van der Waals surface area (Å²) in [6.07, 6.45) is 1.20. The highest BCUT2D eigenvalue weighted by Gasteiger charge is 2.38. The van der Waals surface area contributed by atoms with E-state index in [-0.39, 0.29) is 31.6 Å². The van der Waals surface area contributed by atoms with Gasteiger partial charge in [-0.2, -0.15) is 0 Å². The number of carbonyl (C=O) groups is 1. The highest BCUT2D eigenvalue weighted by Crippen LogP contribution is 2.31. The van der Waals surface area contributed by atoms with Crippen molar-refractivity contribution in [3.63, 3.8) is 0 Å². The van der Waals surface area contributed by atoms with E-state index >= 15 is 0 Å². The molecule has 0 saturated carbocycles. The third kappa shape index (κ3) is 3.31. The molecular weight excluding hydrogens is 303 g/mol. The van der Waals surface area contributed by atoms with Crippen molar-refractivity contribution >= 4 is 5.91 Å². The van der Waals surface area contributed by atoms with Crippen molar-refractivity contribution in [3.8, 4) is 5.75 Å². The van der Waals surface area contributed by atoms with Gasteiger partial charge in [-0.25, -0.2) is 4.39 Å². The van der Waals surface area contributed by atoms with Gasteiger partial charge in [0.2, 0.25) is 5.91 Å². The summed E-state index contributed by atoms with van der Waals surface area (Å²) in [7, 11) is 0. The second-order valence-corrected chi connectivity index (χ2v) is 5.94. The van der Waals surface area contributed by atoms with Crippen molar-refractivity contribution in [2.45, 2.75) is 26.0 Å². The van der Waals surface area contributed by atoms with Crippen LogP contribution in [0.1, 0.15) is 24.0 Å². The molecule has 6 nitrogen and oxygen atoms in total. The fraction of sp³-hybridized carbons (Fsp3) is 0.562. The van der Waals surface area contributed by atoms with Crippen LogP contribution in [0.4, 0.5) is 4.39 Å². The summed E-state index contributed by atoms with van der Waals surface area (Å²) in [6, 6.07) is 2.77. The van der Waals surface area contributed by atoms with Crippen LogP contribution in [0.25, 0.3) is 0 Å². The number of halogens is 1. The number of amides is 1. The molecular formula is C16H21FN2O4. The van der Waals surface area contributed by atoms with Crippen molar-refractivity contribution in [3.05, 3.63) is 29.1 Å². The molecule has 1 amide bonds. The van der Waals surface area contributed by atoms with E-state index in [1.54, 1.807) is 0 Å². The smallest absolute Gasteiger partial charge is 0.227 e. The Morgan fingerprint density at radius 3 is 2.83 bits per heavy atom. The number of hydrogen-bond donors (Lipinski definition) is 2. The van der Waals surface area contributed by atoms with Gasteiger partial charge < -0.3 is 25.3 Å². The van der Waals surface area contributed by atoms with Crippen LogP contribution in [0.2, 0.25) is 0 Å². The van der Waals surface area contributed by atoms with Crippen LogP contribution in [-0.4, -0.2) is 32.5 Å². The topological polar surface area (TPSA) is 82.8 Å². The van der Waals surface area contributed by atoms with Gasteiger partial charge >= 0.3 is 0 Å². The second kappa shape index (κ2) is 6.82. The number of rotatable bonds is 4. The quantitative estimate of drug-likeness (QED) is 0.865. The Kier molecular flexibility index (Phi) is 4.79. The van der Waals surface area contributed by atoms with Crippen molar-refractivity contribution in [1.82, 2.24) is 5.32 Å². The molecule has 1 saturated heterocycles. The minimum absolute atomic E-state index is 0.117. The summed E-state index contributed by atoms with van der Waals surface area (Å²) < 4.78 is 29.6. The van der Waals surface area contributed by atoms with E-state index < -0.39 is 5.41 Å². The average Bonchev–Trinajstić information content (AvgIpc) is 2.59. The number of nitrogens with two attached hydrogens (primary N) is 1. The van der Waals surface area contributed by atoms with Gasteiger partial charge in [-0.05, 0) is 25.0 Å². The zero-order valence-corrected chi connectivity index (χ0v) is 12.9. The minimum atomic E-state index is -0.602. The predicted octanol–water partition coefficient (Wildman–Crippen LogP) is 1.06. The number of hydrogen-bond acceptors (Lipinski definition) is 5. The Balaban J connectivity index is 1.73. The molecule has 3 rings (SSSR count). The lowest BCUT2D eigenvalue weighted by Gasteiger charge is -2.34. The molecule has 2 aliphatic heterocycles. The molecule has 0 spiro atoms. The van der Waals surface area contributed by atoms with Gasteiger partial charge in [0, 0.05) is 37.4 Å². The molecule has 1 aromatic rings. The van der Waals surface area contributed by atoms with Crippen LogP contribution < -0.4 is 15.8 Å². The highest BCUT2D eigenvalue weighted by atomic mass is 19.1. The monoisotopic (exact) mass is 324 g/mol. The predicted molar refractivity (Wildman–Crippen MR) is 80.1 cm³/mol. The molecule has 1 aromatic carbocycles. The summed E-state index contributed by atoms with van der Waals surface area (Å²) in [4.78, 5) is 12.6. The first-order chi connectivity index (χ1) is 11.1. The first-order valence-electron chi connectivity index (χ1n) is 7.72. The van der Waals surface area contributed by atoms with Crippen LogP contribution in [0, 0.1) is 11.2 Å². The number of nitrogens with one attached hydrogen (secondary N) is 1. The summed E-state index contributed by atoms with van der Waals surface area (Å²) in [5.41, 5.74) is 6.48. The maximum atomic E-state index is 13.7. The van der Waals surface area contributed by atoms with Gasteiger partial charge in [0.1, 0.15) is 11.6 Å². The summed E-state index contributed by atoms with van der Waals surface area (Å²) in [5.74, 6) is 0.0989. The van der Waals surface area contributed by atoms with E-state index in [1.165, 1.54) is 12.1 Å². The molecule has 0 unspecified atom stereocenters. The lowest BCUT2D eigenvalue weighted by Crippen LogP contribution is -2.49. The van der Waals surface area contributed by atoms with Gasteiger partial charge in [-0.3, -0.25) is 4.79 Å². The first-order valence-corrected chi connectivity index (χ1v) is 7.72. The molecule has 0 radical (unpaired) electrons. The Morgan fingerprint density at radius 1 is 1.30 bits per heavy atom. The largest absolute Gasteiger partial charge is 0.467 e. The molecule has 0 atom stereocenters. The average molecular weight is 324 g/mol. The Morgan fingerprint density at radius 2 is 2.09 bits per heavy atom. The molecule has 0 bridgehead atoms. The van der Waals surface area contributed by atoms with Crippen molar-refractivity contribution < 1.29 is 23.4 Å². The van der Waals surface area contributed by atoms with Crippen molar-refractivity contribution in [2.24, 2.45) is 11.1 Å². The molecule has 23 heavy (non-hydrogen) atoms. The van der Waals surface area contributed by atoms with E-state index in [0.717, 1.165) is 0 Å². The van der Waals surface area contributed by atoms with Gasteiger partial charge in [-0.15, -0.1) is 0 Å². The molecule has 126 valence electrons. The Bertz CT molecular complexity index is 588. The van der Waals surface area contributed by atoms with E-state index in [0.29, 0.717) is 49.5 Å². The zero-order chi connectivity index (χ0) is 16.3. The third-order valence-corrected chi connectivity index (χ3v) is 4.51. The van der Waals surface area contributed by atoms with Crippen LogP contribution in [0.15, 0.2) is 12.1 Å². The van der Waals surface area contributed by atoms with Crippen LogP contribution >= 0.6 is 0 Å². The fourth-order valence-electron chi connectivity index (χ4n) is 3.04. The number of fused-ring (bicyclic) bond motifs is 1. The lowest BCUT2D eigenvalue weighted by atomic mass is 9.79. The highest BCUT2D eigenvalue weighted by molar-refractivity contribution is 5.83. The molecule has 0 aliphatic carbocycles. The third-order valence-electron chi connectivity index (χ3n) is 4.51. The van der Waals surface area contributed by atoms with E-state index in [2.05, 4.69) is 5.32 Å². The second-order valence-electron chi connectivity index (χ2n) is 5.94. The summed E-state index contributed by atoms with van der Waals surface area (Å²) in [6.45, 7) is 1.96. The molecule has 7 heteroatoms. The van der Waals surface area contributed by atoms with Crippen molar-refractivity contribution in [1.29, 1.82) is 0 Å². The maximum Gasteiger partial charge on any atom is 0.227 e. The van der Waals surface area contributed by atoms with Crippen LogP contribution in [-0.2, 0) is 27.4 Å². The Labute approximate surface area is 134 Å². The minimum Gasteiger partial charge on any atom is -0.467 e. The maximum absolute atomic E-state index is 13.7. The zero-order valence-electron chi connectivity index (χ0n) is 12.9. The van der Waals surface area contributed by atoms with Crippen LogP contribution in [0.3, 0.4) is 0 Å². The normalized spacial score (nSPS) is 19.6. The SMILES string of the molecule is NCC1(C(=O)NCc2cc(F)cc3c2OCOC3)CCOCC1. The van der Waals surface area contributed by atoms with E-state index in [9.17, 15) is 9.18 Å².